The smallest absolute Gasteiger partial charge is 0.250 e. The standard InChI is InChI=1S/C19H19N3O3/c1-3-25-16-10-8-13(12-17(16)24-2)9-11-18(23)22-19-20-14-6-4-5-7-15(14)21-19/h4-12H,3H2,1-2H3,(H2,20,21,22,23). The van der Waals surface area contributed by atoms with Gasteiger partial charge in [0.1, 0.15) is 0 Å². The molecule has 0 aliphatic rings. The van der Waals surface area contributed by atoms with Crippen molar-refractivity contribution in [2.45, 2.75) is 6.92 Å². The quantitative estimate of drug-likeness (QED) is 0.674. The van der Waals surface area contributed by atoms with Gasteiger partial charge in [0, 0.05) is 6.08 Å². The minimum absolute atomic E-state index is 0.271. The Hall–Kier alpha value is -3.28. The number of aromatic amines is 1. The van der Waals surface area contributed by atoms with Gasteiger partial charge in [-0.1, -0.05) is 18.2 Å². The van der Waals surface area contributed by atoms with Crippen molar-refractivity contribution in [2.75, 3.05) is 19.0 Å². The minimum Gasteiger partial charge on any atom is -0.493 e. The molecule has 25 heavy (non-hydrogen) atoms. The van der Waals surface area contributed by atoms with E-state index in [1.165, 1.54) is 6.08 Å². The summed E-state index contributed by atoms with van der Waals surface area (Å²) in [4.78, 5) is 19.4. The number of nitrogens with one attached hydrogen (secondary N) is 2. The van der Waals surface area contributed by atoms with Crippen LogP contribution in [0.15, 0.2) is 48.5 Å². The van der Waals surface area contributed by atoms with Gasteiger partial charge in [-0.25, -0.2) is 4.98 Å². The van der Waals surface area contributed by atoms with E-state index in [-0.39, 0.29) is 5.91 Å². The molecule has 1 aromatic heterocycles. The van der Waals surface area contributed by atoms with Crippen LogP contribution in [0.2, 0.25) is 0 Å². The summed E-state index contributed by atoms with van der Waals surface area (Å²) >= 11 is 0. The molecule has 0 bridgehead atoms. The highest BCUT2D eigenvalue weighted by molar-refractivity contribution is 6.01. The second kappa shape index (κ2) is 7.53. The van der Waals surface area contributed by atoms with Crippen LogP contribution < -0.4 is 14.8 Å². The van der Waals surface area contributed by atoms with E-state index in [2.05, 4.69) is 15.3 Å². The first kappa shape index (κ1) is 16.6. The number of para-hydroxylation sites is 2. The molecule has 2 aromatic carbocycles. The predicted octanol–water partition coefficient (Wildman–Crippen LogP) is 3.62. The summed E-state index contributed by atoms with van der Waals surface area (Å²) < 4.78 is 10.8. The highest BCUT2D eigenvalue weighted by atomic mass is 16.5. The van der Waals surface area contributed by atoms with Gasteiger partial charge < -0.3 is 14.5 Å². The number of hydrogen-bond acceptors (Lipinski definition) is 4. The number of fused-ring (bicyclic) bond motifs is 1. The number of carbonyl (C=O) groups is 1. The molecule has 0 aliphatic carbocycles. The monoisotopic (exact) mass is 337 g/mol. The van der Waals surface area contributed by atoms with Gasteiger partial charge in [0.15, 0.2) is 11.5 Å². The first-order valence-corrected chi connectivity index (χ1v) is 7.94. The maximum atomic E-state index is 12.1. The molecule has 0 unspecified atom stereocenters. The van der Waals surface area contributed by atoms with Crippen molar-refractivity contribution in [3.05, 3.63) is 54.1 Å². The maximum Gasteiger partial charge on any atom is 0.250 e. The Morgan fingerprint density at radius 2 is 2.08 bits per heavy atom. The van der Waals surface area contributed by atoms with Crippen LogP contribution in [0, 0.1) is 0 Å². The summed E-state index contributed by atoms with van der Waals surface area (Å²) in [5.41, 5.74) is 2.51. The number of benzene rings is 2. The first-order valence-electron chi connectivity index (χ1n) is 7.94. The Labute approximate surface area is 145 Å². The Morgan fingerprint density at radius 1 is 1.24 bits per heavy atom. The SMILES string of the molecule is CCOc1ccc(C=CC(=O)Nc2nc3ccccc3[nH]2)cc1OC. The number of amides is 1. The number of aromatic nitrogens is 2. The van der Waals surface area contributed by atoms with Crippen LogP contribution in [0.25, 0.3) is 17.1 Å². The largest absolute Gasteiger partial charge is 0.493 e. The van der Waals surface area contributed by atoms with Gasteiger partial charge in [0.05, 0.1) is 24.8 Å². The van der Waals surface area contributed by atoms with Crippen molar-refractivity contribution in [1.29, 1.82) is 0 Å². The zero-order valence-electron chi connectivity index (χ0n) is 14.1. The number of ether oxygens (including phenoxy) is 2. The van der Waals surface area contributed by atoms with Crippen LogP contribution in [0.3, 0.4) is 0 Å². The highest BCUT2D eigenvalue weighted by Crippen LogP contribution is 2.28. The molecule has 0 atom stereocenters. The number of imidazole rings is 1. The average Bonchev–Trinajstić information content (AvgIpc) is 3.03. The lowest BCUT2D eigenvalue weighted by Crippen LogP contribution is -2.08. The molecule has 128 valence electrons. The molecule has 0 fully saturated rings. The Kier molecular flexibility index (Phi) is 4.99. The van der Waals surface area contributed by atoms with E-state index in [9.17, 15) is 4.79 Å². The summed E-state index contributed by atoms with van der Waals surface area (Å²) in [7, 11) is 1.58. The molecule has 0 aliphatic heterocycles. The lowest BCUT2D eigenvalue weighted by atomic mass is 10.2. The van der Waals surface area contributed by atoms with E-state index in [4.69, 9.17) is 9.47 Å². The molecule has 0 saturated heterocycles. The summed E-state index contributed by atoms with van der Waals surface area (Å²) in [5.74, 6) is 1.45. The van der Waals surface area contributed by atoms with Crippen molar-refractivity contribution in [3.63, 3.8) is 0 Å². The van der Waals surface area contributed by atoms with Gasteiger partial charge in [-0.2, -0.15) is 0 Å². The predicted molar refractivity (Wildman–Crippen MR) is 97.9 cm³/mol. The molecular weight excluding hydrogens is 318 g/mol. The van der Waals surface area contributed by atoms with Crippen molar-refractivity contribution in [3.8, 4) is 11.5 Å². The molecular formula is C19H19N3O3. The number of H-pyrrole nitrogens is 1. The first-order chi connectivity index (χ1) is 12.2. The second-order valence-corrected chi connectivity index (χ2v) is 5.27. The van der Waals surface area contributed by atoms with Crippen LogP contribution in [0.4, 0.5) is 5.95 Å². The lowest BCUT2D eigenvalue weighted by Gasteiger charge is -2.09. The third-order valence-electron chi connectivity index (χ3n) is 3.55. The lowest BCUT2D eigenvalue weighted by molar-refractivity contribution is -0.111. The fourth-order valence-corrected chi connectivity index (χ4v) is 2.40. The fourth-order valence-electron chi connectivity index (χ4n) is 2.40. The maximum absolute atomic E-state index is 12.1. The highest BCUT2D eigenvalue weighted by Gasteiger charge is 2.06. The zero-order chi connectivity index (χ0) is 17.6. The van der Waals surface area contributed by atoms with E-state index in [1.807, 2.05) is 49.4 Å². The number of carbonyl (C=O) groups excluding carboxylic acids is 1. The number of hydrogen-bond donors (Lipinski definition) is 2. The van der Waals surface area contributed by atoms with Crippen LogP contribution in [0.1, 0.15) is 12.5 Å². The van der Waals surface area contributed by atoms with E-state index < -0.39 is 0 Å². The number of rotatable bonds is 6. The van der Waals surface area contributed by atoms with Gasteiger partial charge in [-0.05, 0) is 42.8 Å². The van der Waals surface area contributed by atoms with Gasteiger partial charge in [-0.3, -0.25) is 10.1 Å². The molecule has 1 amide bonds. The summed E-state index contributed by atoms with van der Waals surface area (Å²) in [6.07, 6.45) is 3.15. The van der Waals surface area contributed by atoms with Crippen molar-refractivity contribution >= 4 is 29.0 Å². The zero-order valence-corrected chi connectivity index (χ0v) is 14.1. The van der Waals surface area contributed by atoms with E-state index in [0.717, 1.165) is 16.6 Å². The van der Waals surface area contributed by atoms with E-state index in [1.54, 1.807) is 13.2 Å². The van der Waals surface area contributed by atoms with Crippen molar-refractivity contribution in [2.24, 2.45) is 0 Å². The van der Waals surface area contributed by atoms with E-state index in [0.29, 0.717) is 24.1 Å². The van der Waals surface area contributed by atoms with Crippen LogP contribution in [-0.2, 0) is 4.79 Å². The third kappa shape index (κ3) is 3.98. The van der Waals surface area contributed by atoms with Crippen molar-refractivity contribution in [1.82, 2.24) is 9.97 Å². The topological polar surface area (TPSA) is 76.2 Å². The van der Waals surface area contributed by atoms with Crippen molar-refractivity contribution < 1.29 is 14.3 Å². The van der Waals surface area contributed by atoms with Crippen LogP contribution in [-0.4, -0.2) is 29.6 Å². The van der Waals surface area contributed by atoms with E-state index >= 15 is 0 Å². The fraction of sp³-hybridized carbons (Fsp3) is 0.158. The Balaban J connectivity index is 1.69. The van der Waals surface area contributed by atoms with Crippen LogP contribution in [0.5, 0.6) is 11.5 Å². The van der Waals surface area contributed by atoms with Gasteiger partial charge in [0.2, 0.25) is 5.95 Å². The summed E-state index contributed by atoms with van der Waals surface area (Å²) in [6.45, 7) is 2.47. The van der Waals surface area contributed by atoms with Gasteiger partial charge in [0.25, 0.3) is 5.91 Å². The number of anilines is 1. The Morgan fingerprint density at radius 3 is 2.84 bits per heavy atom. The number of methoxy groups -OCH3 is 1. The summed E-state index contributed by atoms with van der Waals surface area (Å²) in [6, 6.07) is 13.1. The minimum atomic E-state index is -0.271. The average molecular weight is 337 g/mol. The van der Waals surface area contributed by atoms with Gasteiger partial charge in [-0.15, -0.1) is 0 Å². The molecule has 6 heteroatoms. The normalized spacial score (nSPS) is 11.0. The molecule has 0 saturated carbocycles. The third-order valence-corrected chi connectivity index (χ3v) is 3.55. The second-order valence-electron chi connectivity index (χ2n) is 5.27. The molecule has 3 aromatic rings. The molecule has 2 N–H and O–H groups in total. The van der Waals surface area contributed by atoms with Gasteiger partial charge >= 0.3 is 0 Å². The molecule has 1 heterocycles. The number of nitrogens with zero attached hydrogens (tertiary/aromatic N) is 1. The molecule has 0 spiro atoms. The Bertz CT molecular complexity index is 882. The van der Waals surface area contributed by atoms with Crippen LogP contribution >= 0.6 is 0 Å². The summed E-state index contributed by atoms with van der Waals surface area (Å²) in [5, 5.41) is 2.71. The molecule has 0 radical (unpaired) electrons. The molecule has 6 nitrogen and oxygen atoms in total. The molecule has 3 rings (SSSR count).